The van der Waals surface area contributed by atoms with Gasteiger partial charge in [0.1, 0.15) is 0 Å². The van der Waals surface area contributed by atoms with E-state index in [1.165, 1.54) is 0 Å². The lowest BCUT2D eigenvalue weighted by Crippen LogP contribution is -2.32. The van der Waals surface area contributed by atoms with Crippen LogP contribution in [0.15, 0.2) is 0 Å². The predicted molar refractivity (Wildman–Crippen MR) is 60.8 cm³/mol. The molecule has 94 valence electrons. The molecule has 0 amide bonds. The van der Waals surface area contributed by atoms with Gasteiger partial charge in [-0.1, -0.05) is 13.8 Å². The first kappa shape index (κ1) is 14.9. The fourth-order valence-corrected chi connectivity index (χ4v) is 1.73. The predicted octanol–water partition coefficient (Wildman–Crippen LogP) is 2.17. The maximum absolute atomic E-state index is 11.7. The first-order valence-electron chi connectivity index (χ1n) is 5.95. The minimum absolute atomic E-state index is 0.301. The third-order valence-electron chi connectivity index (χ3n) is 2.54. The van der Waals surface area contributed by atoms with Gasteiger partial charge in [-0.15, -0.1) is 0 Å². The largest absolute Gasteiger partial charge is 0.466 e. The van der Waals surface area contributed by atoms with Gasteiger partial charge >= 0.3 is 11.9 Å². The van der Waals surface area contributed by atoms with Gasteiger partial charge in [-0.3, -0.25) is 9.59 Å². The van der Waals surface area contributed by atoms with Gasteiger partial charge in [0, 0.05) is 0 Å². The maximum Gasteiger partial charge on any atom is 0.309 e. The number of ether oxygens (including phenoxy) is 2. The summed E-state index contributed by atoms with van der Waals surface area (Å²) >= 11 is 0. The van der Waals surface area contributed by atoms with Crippen LogP contribution in [-0.2, 0) is 19.1 Å². The molecule has 16 heavy (non-hydrogen) atoms. The lowest BCUT2D eigenvalue weighted by molar-refractivity contribution is -0.160. The molecule has 0 bridgehead atoms. The van der Waals surface area contributed by atoms with Crippen molar-refractivity contribution in [3.05, 3.63) is 0 Å². The van der Waals surface area contributed by atoms with E-state index in [0.717, 1.165) is 0 Å². The third-order valence-corrected chi connectivity index (χ3v) is 2.54. The van der Waals surface area contributed by atoms with Crippen LogP contribution in [0.3, 0.4) is 0 Å². The van der Waals surface area contributed by atoms with Crippen molar-refractivity contribution in [2.24, 2.45) is 11.8 Å². The highest BCUT2D eigenvalue weighted by Crippen LogP contribution is 2.22. The molecule has 0 unspecified atom stereocenters. The van der Waals surface area contributed by atoms with Crippen molar-refractivity contribution in [2.75, 3.05) is 13.2 Å². The van der Waals surface area contributed by atoms with Gasteiger partial charge in [0.25, 0.3) is 0 Å². The van der Waals surface area contributed by atoms with Gasteiger partial charge < -0.3 is 9.47 Å². The highest BCUT2D eigenvalue weighted by molar-refractivity contribution is 5.82. The Kier molecular flexibility index (Phi) is 7.60. The molecule has 0 aliphatic carbocycles. The van der Waals surface area contributed by atoms with Gasteiger partial charge in [0.2, 0.25) is 0 Å². The Bertz CT molecular complexity index is 201. The minimum Gasteiger partial charge on any atom is -0.466 e. The lowest BCUT2D eigenvalue weighted by Gasteiger charge is -2.21. The number of carbonyl (C=O) groups excluding carboxylic acids is 2. The lowest BCUT2D eigenvalue weighted by atomic mass is 9.88. The third kappa shape index (κ3) is 4.21. The van der Waals surface area contributed by atoms with E-state index >= 15 is 0 Å². The fraction of sp³-hybridized carbons (Fsp3) is 0.833. The molecule has 0 saturated carbocycles. The van der Waals surface area contributed by atoms with Crippen LogP contribution in [0.4, 0.5) is 0 Å². The zero-order chi connectivity index (χ0) is 12.6. The zero-order valence-corrected chi connectivity index (χ0v) is 10.6. The van der Waals surface area contributed by atoms with E-state index in [0.29, 0.717) is 26.1 Å². The van der Waals surface area contributed by atoms with Crippen molar-refractivity contribution in [3.63, 3.8) is 0 Å². The Morgan fingerprint density at radius 1 is 0.812 bits per heavy atom. The molecule has 0 aromatic heterocycles. The van der Waals surface area contributed by atoms with Gasteiger partial charge in [-0.2, -0.15) is 0 Å². The topological polar surface area (TPSA) is 52.6 Å². The second kappa shape index (κ2) is 8.13. The summed E-state index contributed by atoms with van der Waals surface area (Å²) in [5.41, 5.74) is 0. The fourth-order valence-electron chi connectivity index (χ4n) is 1.73. The van der Waals surface area contributed by atoms with Gasteiger partial charge in [0.15, 0.2) is 0 Å². The van der Waals surface area contributed by atoms with Gasteiger partial charge in [-0.25, -0.2) is 0 Å². The number of esters is 2. The van der Waals surface area contributed by atoms with Crippen LogP contribution in [0.25, 0.3) is 0 Å². The number of hydrogen-bond donors (Lipinski definition) is 0. The summed E-state index contributed by atoms with van der Waals surface area (Å²) in [5, 5.41) is 0. The molecular formula is C12H22O4. The molecule has 0 aromatic carbocycles. The van der Waals surface area contributed by atoms with E-state index in [1.54, 1.807) is 13.8 Å². The Morgan fingerprint density at radius 3 is 1.31 bits per heavy atom. The second-order valence-electron chi connectivity index (χ2n) is 3.53. The quantitative estimate of drug-likeness (QED) is 0.629. The normalized spacial score (nSPS) is 14.0. The summed E-state index contributed by atoms with van der Waals surface area (Å²) in [4.78, 5) is 23.3. The summed E-state index contributed by atoms with van der Waals surface area (Å²) in [6, 6.07) is 0. The average molecular weight is 230 g/mol. The van der Waals surface area contributed by atoms with E-state index in [4.69, 9.17) is 9.47 Å². The average Bonchev–Trinajstić information content (AvgIpc) is 2.25. The van der Waals surface area contributed by atoms with E-state index < -0.39 is 0 Å². The Morgan fingerprint density at radius 2 is 1.12 bits per heavy atom. The summed E-state index contributed by atoms with van der Waals surface area (Å²) in [5.74, 6) is -1.37. The molecule has 2 atom stereocenters. The molecule has 0 aliphatic heterocycles. The molecule has 0 N–H and O–H groups in total. The molecule has 0 radical (unpaired) electrons. The van der Waals surface area contributed by atoms with Crippen LogP contribution in [0.1, 0.15) is 40.5 Å². The first-order chi connectivity index (χ1) is 7.62. The van der Waals surface area contributed by atoms with E-state index in [1.807, 2.05) is 13.8 Å². The monoisotopic (exact) mass is 230 g/mol. The Balaban J connectivity index is 4.61. The molecule has 0 saturated heterocycles. The molecule has 0 fully saturated rings. The molecule has 4 heteroatoms. The van der Waals surface area contributed by atoms with Crippen LogP contribution in [0.2, 0.25) is 0 Å². The van der Waals surface area contributed by atoms with E-state index in [9.17, 15) is 9.59 Å². The van der Waals surface area contributed by atoms with Crippen LogP contribution >= 0.6 is 0 Å². The molecule has 0 heterocycles. The number of rotatable bonds is 7. The van der Waals surface area contributed by atoms with Crippen molar-refractivity contribution < 1.29 is 19.1 Å². The summed E-state index contributed by atoms with van der Waals surface area (Å²) in [6.45, 7) is 7.96. The van der Waals surface area contributed by atoms with Gasteiger partial charge in [-0.05, 0) is 26.7 Å². The van der Waals surface area contributed by atoms with Crippen molar-refractivity contribution >= 4 is 11.9 Å². The summed E-state index contributed by atoms with van der Waals surface area (Å²) < 4.78 is 9.92. The van der Waals surface area contributed by atoms with Crippen LogP contribution in [0.5, 0.6) is 0 Å². The summed E-state index contributed by atoms with van der Waals surface area (Å²) in [7, 11) is 0. The van der Waals surface area contributed by atoms with Crippen molar-refractivity contribution in [1.29, 1.82) is 0 Å². The molecule has 0 aromatic rings. The highest BCUT2D eigenvalue weighted by Gasteiger charge is 2.32. The molecule has 4 nitrogen and oxygen atoms in total. The number of hydrogen-bond acceptors (Lipinski definition) is 4. The number of carbonyl (C=O) groups is 2. The van der Waals surface area contributed by atoms with Crippen molar-refractivity contribution in [1.82, 2.24) is 0 Å². The van der Waals surface area contributed by atoms with Crippen molar-refractivity contribution in [3.8, 4) is 0 Å². The minimum atomic E-state index is -0.385. The Labute approximate surface area is 97.3 Å². The Hall–Kier alpha value is -1.06. The summed E-state index contributed by atoms with van der Waals surface area (Å²) in [6.07, 6.45) is 1.19. The van der Waals surface area contributed by atoms with E-state index in [-0.39, 0.29) is 23.8 Å². The zero-order valence-electron chi connectivity index (χ0n) is 10.6. The molecular weight excluding hydrogens is 208 g/mol. The SMILES string of the molecule is CCOC(=O)[C@H](CC)[C@@H](CC)C(=O)OCC. The standard InChI is InChI=1S/C12H22O4/c1-5-9(11(13)15-7-3)10(6-2)12(14)16-8-4/h9-10H,5-8H2,1-4H3/t9-,10-/m1/s1. The molecule has 0 spiro atoms. The van der Waals surface area contributed by atoms with Crippen LogP contribution in [0, 0.1) is 11.8 Å². The highest BCUT2D eigenvalue weighted by atomic mass is 16.5. The maximum atomic E-state index is 11.7. The molecule has 0 aliphatic rings. The second-order valence-corrected chi connectivity index (χ2v) is 3.53. The van der Waals surface area contributed by atoms with E-state index in [2.05, 4.69) is 0 Å². The molecule has 0 rings (SSSR count). The van der Waals surface area contributed by atoms with Crippen LogP contribution in [-0.4, -0.2) is 25.2 Å². The smallest absolute Gasteiger partial charge is 0.309 e. The van der Waals surface area contributed by atoms with Crippen molar-refractivity contribution in [2.45, 2.75) is 40.5 Å². The van der Waals surface area contributed by atoms with Crippen LogP contribution < -0.4 is 0 Å². The van der Waals surface area contributed by atoms with Gasteiger partial charge in [0.05, 0.1) is 25.0 Å². The first-order valence-corrected chi connectivity index (χ1v) is 5.95.